The van der Waals surface area contributed by atoms with Crippen LogP contribution in [0.3, 0.4) is 0 Å². The molecule has 0 saturated heterocycles. The zero-order valence-electron chi connectivity index (χ0n) is 5.50. The smallest absolute Gasteiger partial charge is 0.0244 e. The molecule has 0 bridgehead atoms. The predicted molar refractivity (Wildman–Crippen MR) is 29.8 cm³/mol. The molecule has 0 fully saturated rings. The van der Waals surface area contributed by atoms with Crippen LogP contribution >= 0.6 is 0 Å². The summed E-state index contributed by atoms with van der Waals surface area (Å²) in [6, 6.07) is 0. The van der Waals surface area contributed by atoms with Crippen LogP contribution in [0, 0.1) is 20.7 Å². The fourth-order valence-corrected chi connectivity index (χ4v) is 0.268. The Morgan fingerprint density at radius 2 is 2.22 bits per heavy atom. The van der Waals surface area contributed by atoms with Crippen molar-refractivity contribution in [3.63, 3.8) is 0 Å². The van der Waals surface area contributed by atoms with Crippen molar-refractivity contribution in [3.05, 3.63) is 25.9 Å². The van der Waals surface area contributed by atoms with Gasteiger partial charge in [0.25, 0.3) is 0 Å². The summed E-state index contributed by atoms with van der Waals surface area (Å²) in [7, 11) is 0. The van der Waals surface area contributed by atoms with Gasteiger partial charge in [0, 0.05) is 51.2 Å². The molecule has 1 heterocycles. The summed E-state index contributed by atoms with van der Waals surface area (Å²) in [5.41, 5.74) is 0. The maximum Gasteiger partial charge on any atom is 0.0244 e. The number of hydrogen-bond acceptors (Lipinski definition) is 3. The first kappa shape index (κ1) is 11.9. The van der Waals surface area contributed by atoms with E-state index in [0.717, 1.165) is 0 Å². The number of rotatable bonds is 0. The molecule has 1 aromatic heterocycles. The van der Waals surface area contributed by atoms with Crippen LogP contribution in [-0.4, -0.2) is 15.0 Å². The molecule has 3 nitrogen and oxygen atoms in total. The van der Waals surface area contributed by atoms with Crippen molar-refractivity contribution < 1.29 is 32.7 Å². The minimum absolute atomic E-state index is 0. The van der Waals surface area contributed by atoms with Crippen LogP contribution in [0.2, 0.25) is 0 Å². The molecule has 1 radical (unpaired) electrons. The predicted octanol–water partition coefficient (Wildman–Crippen LogP) is 0.428. The molecule has 0 aliphatic carbocycles. The third-order valence-electron chi connectivity index (χ3n) is 0.572. The molecule has 0 unspecified atom stereocenters. The molecule has 0 saturated carbocycles. The second kappa shape index (κ2) is 6.24. The molecule has 1 rings (SSSR count). The maximum absolute atomic E-state index is 3.73. The van der Waals surface area contributed by atoms with Gasteiger partial charge in [0.2, 0.25) is 0 Å². The molecule has 47 valence electrons. The van der Waals surface area contributed by atoms with E-state index in [1.165, 1.54) is 6.33 Å². The van der Waals surface area contributed by atoms with E-state index in [4.69, 9.17) is 0 Å². The first-order chi connectivity index (χ1) is 3.39. The van der Waals surface area contributed by atoms with E-state index < -0.39 is 0 Å². The average Bonchev–Trinajstić information content (AvgIpc) is 1.69. The Hall–Kier alpha value is 0.114. The zero-order valence-corrected chi connectivity index (χ0v) is 8.33. The second-order valence-corrected chi connectivity index (χ2v) is 1.13. The van der Waals surface area contributed by atoms with E-state index in [9.17, 15) is 0 Å². The van der Waals surface area contributed by atoms with Crippen molar-refractivity contribution in [1.82, 2.24) is 15.0 Å². The Balaban J connectivity index is 0. The summed E-state index contributed by atoms with van der Waals surface area (Å²) >= 11 is 0. The molecular weight excluding hydrogens is 191 g/mol. The van der Waals surface area contributed by atoms with Crippen LogP contribution in [0.5, 0.6) is 0 Å². The van der Waals surface area contributed by atoms with Crippen molar-refractivity contribution in [2.24, 2.45) is 0 Å². The molecule has 0 spiro atoms. The third-order valence-corrected chi connectivity index (χ3v) is 0.572. The van der Waals surface area contributed by atoms with Gasteiger partial charge in [-0.3, -0.25) is 0 Å². The fraction of sp³-hybridized carbons (Fsp3) is 0.200. The molecule has 0 atom stereocenters. The molecule has 0 amide bonds. The van der Waals surface area contributed by atoms with Crippen LogP contribution in [0.4, 0.5) is 0 Å². The SMILES string of the molecule is Cc1n[c-]ncn1.[CH3-].[Y]. The fourth-order valence-electron chi connectivity index (χ4n) is 0.268. The average molecular weight is 198 g/mol. The molecule has 1 aromatic rings. The van der Waals surface area contributed by atoms with E-state index in [0.29, 0.717) is 5.82 Å². The van der Waals surface area contributed by atoms with Gasteiger partial charge >= 0.3 is 0 Å². The third kappa shape index (κ3) is 4.61. The minimum Gasteiger partial charge on any atom is -0.358 e. The Bertz CT molecular complexity index is 142. The van der Waals surface area contributed by atoms with Gasteiger partial charge in [0.15, 0.2) is 0 Å². The number of aryl methyl sites for hydroxylation is 1. The van der Waals surface area contributed by atoms with Crippen molar-refractivity contribution in [3.8, 4) is 0 Å². The maximum atomic E-state index is 3.73. The molecule has 0 aromatic carbocycles. The molecule has 9 heavy (non-hydrogen) atoms. The first-order valence-corrected chi connectivity index (χ1v) is 1.91. The minimum atomic E-state index is 0. The van der Waals surface area contributed by atoms with E-state index >= 15 is 0 Å². The summed E-state index contributed by atoms with van der Waals surface area (Å²) in [6.07, 6.45) is 3.82. The Kier molecular flexibility index (Phi) is 8.22. The van der Waals surface area contributed by atoms with E-state index in [1.54, 1.807) is 6.92 Å². The van der Waals surface area contributed by atoms with Gasteiger partial charge in [0.05, 0.1) is 0 Å². The van der Waals surface area contributed by atoms with Crippen molar-refractivity contribution in [2.75, 3.05) is 0 Å². The van der Waals surface area contributed by atoms with Gasteiger partial charge in [0.1, 0.15) is 0 Å². The normalized spacial score (nSPS) is 6.78. The first-order valence-electron chi connectivity index (χ1n) is 1.91. The second-order valence-electron chi connectivity index (χ2n) is 1.13. The van der Waals surface area contributed by atoms with E-state index in [-0.39, 0.29) is 40.1 Å². The quantitative estimate of drug-likeness (QED) is 0.567. The number of nitrogens with zero attached hydrogens (tertiary/aromatic N) is 3. The number of hydrogen-bond donors (Lipinski definition) is 0. The molecule has 0 aliphatic heterocycles. The van der Waals surface area contributed by atoms with Gasteiger partial charge in [-0.15, -0.1) is 0 Å². The van der Waals surface area contributed by atoms with Gasteiger partial charge in [-0.1, -0.05) is 6.92 Å². The summed E-state index contributed by atoms with van der Waals surface area (Å²) in [5, 5.41) is 0. The summed E-state index contributed by atoms with van der Waals surface area (Å²) in [6.45, 7) is 1.79. The van der Waals surface area contributed by atoms with Crippen molar-refractivity contribution >= 4 is 0 Å². The summed E-state index contributed by atoms with van der Waals surface area (Å²) in [5.74, 6) is 0.704. The standard InChI is InChI=1S/C4H4N3.CH3.Y/c1-4-6-2-5-3-7-4;;/h2H,1H3;1H3;/q2*-1;. The largest absolute Gasteiger partial charge is 0.358 e. The van der Waals surface area contributed by atoms with E-state index in [2.05, 4.69) is 21.3 Å². The molecule has 4 heteroatoms. The van der Waals surface area contributed by atoms with Gasteiger partial charge < -0.3 is 22.4 Å². The van der Waals surface area contributed by atoms with Crippen molar-refractivity contribution in [2.45, 2.75) is 6.92 Å². The molecular formula is C5H7N3Y-2. The van der Waals surface area contributed by atoms with Crippen LogP contribution in [0.15, 0.2) is 6.33 Å². The van der Waals surface area contributed by atoms with Gasteiger partial charge in [-0.05, 0) is 0 Å². The van der Waals surface area contributed by atoms with Crippen LogP contribution in [0.25, 0.3) is 0 Å². The van der Waals surface area contributed by atoms with Gasteiger partial charge in [-0.2, -0.15) is 0 Å². The Morgan fingerprint density at radius 1 is 1.56 bits per heavy atom. The Morgan fingerprint density at radius 3 is 2.44 bits per heavy atom. The number of aromatic nitrogens is 3. The van der Waals surface area contributed by atoms with Crippen LogP contribution in [0.1, 0.15) is 5.82 Å². The van der Waals surface area contributed by atoms with Gasteiger partial charge in [-0.25, -0.2) is 0 Å². The topological polar surface area (TPSA) is 38.7 Å². The zero-order chi connectivity index (χ0) is 5.11. The van der Waals surface area contributed by atoms with E-state index in [1.807, 2.05) is 0 Å². The molecule has 0 N–H and O–H groups in total. The molecule has 0 aliphatic rings. The van der Waals surface area contributed by atoms with Crippen LogP contribution < -0.4 is 0 Å². The van der Waals surface area contributed by atoms with Crippen molar-refractivity contribution in [1.29, 1.82) is 0 Å². The summed E-state index contributed by atoms with van der Waals surface area (Å²) in [4.78, 5) is 10.9. The summed E-state index contributed by atoms with van der Waals surface area (Å²) < 4.78 is 0. The Labute approximate surface area is 80.2 Å². The monoisotopic (exact) mass is 198 g/mol. The van der Waals surface area contributed by atoms with Crippen LogP contribution in [-0.2, 0) is 32.7 Å².